The summed E-state index contributed by atoms with van der Waals surface area (Å²) < 4.78 is 9.76. The van der Waals surface area contributed by atoms with Gasteiger partial charge >= 0.3 is 11.9 Å². The van der Waals surface area contributed by atoms with E-state index in [0.717, 1.165) is 6.42 Å². The highest BCUT2D eigenvalue weighted by molar-refractivity contribution is 5.71. The Morgan fingerprint density at radius 2 is 1.38 bits per heavy atom. The molecule has 0 amide bonds. The van der Waals surface area contributed by atoms with Crippen LogP contribution in [0.15, 0.2) is 48.6 Å². The largest absolute Gasteiger partial charge is 0.461 e. The first kappa shape index (κ1) is 24.2. The van der Waals surface area contributed by atoms with Crippen molar-refractivity contribution in [2.24, 2.45) is 5.92 Å². The lowest BCUT2D eigenvalue weighted by atomic mass is 10.2. The first-order chi connectivity index (χ1) is 11.5. The Bertz CT molecular complexity index is 429. The Labute approximate surface area is 146 Å². The van der Waals surface area contributed by atoms with Crippen LogP contribution in [-0.4, -0.2) is 25.2 Å². The second-order valence-corrected chi connectivity index (χ2v) is 5.13. The van der Waals surface area contributed by atoms with Crippen molar-refractivity contribution < 1.29 is 19.1 Å². The van der Waals surface area contributed by atoms with E-state index in [1.807, 2.05) is 77.2 Å². The van der Waals surface area contributed by atoms with Gasteiger partial charge in [0.2, 0.25) is 0 Å². The third-order valence-corrected chi connectivity index (χ3v) is 2.47. The highest BCUT2D eigenvalue weighted by Crippen LogP contribution is 1.95. The number of hydrogen-bond acceptors (Lipinski definition) is 4. The summed E-state index contributed by atoms with van der Waals surface area (Å²) in [6.07, 6.45) is 16.3. The smallest absolute Gasteiger partial charge is 0.308 e. The second-order valence-electron chi connectivity index (χ2n) is 5.13. The summed E-state index contributed by atoms with van der Waals surface area (Å²) in [6, 6.07) is 0. The molecular formula is C20H32O4. The molecule has 0 unspecified atom stereocenters. The molecule has 0 spiro atoms. The predicted molar refractivity (Wildman–Crippen MR) is 99.6 cm³/mol. The van der Waals surface area contributed by atoms with Crippen molar-refractivity contribution in [1.29, 1.82) is 0 Å². The minimum absolute atomic E-state index is 0.0416. The molecule has 0 aliphatic carbocycles. The molecule has 0 fully saturated rings. The summed E-state index contributed by atoms with van der Waals surface area (Å²) in [7, 11) is 0. The Balaban J connectivity index is 0. The summed E-state index contributed by atoms with van der Waals surface area (Å²) >= 11 is 0. The van der Waals surface area contributed by atoms with E-state index in [-0.39, 0.29) is 17.9 Å². The number of ether oxygens (including phenoxy) is 2. The number of allylic oxidation sites excluding steroid dienone is 6. The van der Waals surface area contributed by atoms with Crippen molar-refractivity contribution in [1.82, 2.24) is 0 Å². The van der Waals surface area contributed by atoms with Crippen molar-refractivity contribution in [3.8, 4) is 0 Å². The number of hydrogen-bond donors (Lipinski definition) is 0. The van der Waals surface area contributed by atoms with Crippen LogP contribution in [0.5, 0.6) is 0 Å². The van der Waals surface area contributed by atoms with Gasteiger partial charge in [-0.2, -0.15) is 0 Å². The molecule has 0 heterocycles. The maximum absolute atomic E-state index is 10.9. The zero-order valence-electron chi connectivity index (χ0n) is 15.7. The van der Waals surface area contributed by atoms with Crippen LogP contribution < -0.4 is 0 Å². The first-order valence-corrected chi connectivity index (χ1v) is 8.37. The Morgan fingerprint density at radius 1 is 0.875 bits per heavy atom. The van der Waals surface area contributed by atoms with Gasteiger partial charge in [0, 0.05) is 6.42 Å². The molecule has 0 aromatic heterocycles. The van der Waals surface area contributed by atoms with Crippen LogP contribution in [0.2, 0.25) is 0 Å². The third-order valence-electron chi connectivity index (χ3n) is 2.47. The quantitative estimate of drug-likeness (QED) is 0.449. The molecule has 4 heteroatoms. The molecule has 4 nitrogen and oxygen atoms in total. The molecule has 0 bridgehead atoms. The predicted octanol–water partition coefficient (Wildman–Crippen LogP) is 4.78. The summed E-state index contributed by atoms with van der Waals surface area (Å²) in [5, 5.41) is 0. The zero-order chi connectivity index (χ0) is 18.6. The SMILES string of the molecule is CC=CC=CCOC(=O)C(C)C.CC=CC=CCOC(=O)CCC. The average molecular weight is 336 g/mol. The van der Waals surface area contributed by atoms with E-state index in [4.69, 9.17) is 9.47 Å². The van der Waals surface area contributed by atoms with Crippen LogP contribution in [0.3, 0.4) is 0 Å². The summed E-state index contributed by atoms with van der Waals surface area (Å²) in [5.74, 6) is -0.317. The molecule has 24 heavy (non-hydrogen) atoms. The molecule has 0 saturated heterocycles. The fraction of sp³-hybridized carbons (Fsp3) is 0.500. The molecule has 0 aliphatic rings. The lowest BCUT2D eigenvalue weighted by Crippen LogP contribution is -2.11. The topological polar surface area (TPSA) is 52.6 Å². The van der Waals surface area contributed by atoms with Crippen LogP contribution in [0.4, 0.5) is 0 Å². The van der Waals surface area contributed by atoms with Crippen LogP contribution in [0.25, 0.3) is 0 Å². The fourth-order valence-electron chi connectivity index (χ4n) is 1.20. The van der Waals surface area contributed by atoms with E-state index in [2.05, 4.69) is 0 Å². The highest BCUT2D eigenvalue weighted by Gasteiger charge is 2.05. The maximum atomic E-state index is 10.9. The maximum Gasteiger partial charge on any atom is 0.308 e. The van der Waals surface area contributed by atoms with E-state index in [1.165, 1.54) is 0 Å². The van der Waals surface area contributed by atoms with Gasteiger partial charge in [-0.25, -0.2) is 0 Å². The molecule has 136 valence electrons. The molecule has 0 aromatic rings. The lowest BCUT2D eigenvalue weighted by molar-refractivity contribution is -0.146. The van der Waals surface area contributed by atoms with Gasteiger partial charge in [-0.3, -0.25) is 9.59 Å². The van der Waals surface area contributed by atoms with E-state index in [9.17, 15) is 9.59 Å². The highest BCUT2D eigenvalue weighted by atomic mass is 16.5. The number of esters is 2. The number of carbonyl (C=O) groups is 2. The molecule has 0 aliphatic heterocycles. The van der Waals surface area contributed by atoms with E-state index < -0.39 is 0 Å². The monoisotopic (exact) mass is 336 g/mol. The van der Waals surface area contributed by atoms with Gasteiger partial charge in [-0.15, -0.1) is 0 Å². The molecule has 0 radical (unpaired) electrons. The van der Waals surface area contributed by atoms with Crippen molar-refractivity contribution in [2.75, 3.05) is 13.2 Å². The normalized spacial score (nSPS) is 11.4. The van der Waals surface area contributed by atoms with Gasteiger partial charge in [0.25, 0.3) is 0 Å². The molecular weight excluding hydrogens is 304 g/mol. The van der Waals surface area contributed by atoms with Crippen molar-refractivity contribution in [3.05, 3.63) is 48.6 Å². The first-order valence-electron chi connectivity index (χ1n) is 8.37. The Kier molecular flexibility index (Phi) is 19.1. The van der Waals surface area contributed by atoms with Crippen molar-refractivity contribution in [3.63, 3.8) is 0 Å². The van der Waals surface area contributed by atoms with E-state index in [0.29, 0.717) is 19.6 Å². The van der Waals surface area contributed by atoms with Crippen LogP contribution >= 0.6 is 0 Å². The van der Waals surface area contributed by atoms with E-state index >= 15 is 0 Å². The fourth-order valence-corrected chi connectivity index (χ4v) is 1.20. The van der Waals surface area contributed by atoms with Crippen LogP contribution in [-0.2, 0) is 19.1 Å². The van der Waals surface area contributed by atoms with Gasteiger partial charge in [0.1, 0.15) is 13.2 Å². The summed E-state index contributed by atoms with van der Waals surface area (Å²) in [5.41, 5.74) is 0. The lowest BCUT2D eigenvalue weighted by Gasteiger charge is -2.02. The Morgan fingerprint density at radius 3 is 1.79 bits per heavy atom. The number of carbonyl (C=O) groups excluding carboxylic acids is 2. The molecule has 0 saturated carbocycles. The molecule has 0 N–H and O–H groups in total. The Hall–Kier alpha value is -2.10. The van der Waals surface area contributed by atoms with Gasteiger partial charge in [-0.05, 0) is 32.4 Å². The van der Waals surface area contributed by atoms with Gasteiger partial charge in [0.15, 0.2) is 0 Å². The minimum Gasteiger partial charge on any atom is -0.461 e. The summed E-state index contributed by atoms with van der Waals surface area (Å²) in [4.78, 5) is 21.7. The second kappa shape index (κ2) is 18.9. The van der Waals surface area contributed by atoms with Crippen LogP contribution in [0.1, 0.15) is 47.5 Å². The zero-order valence-corrected chi connectivity index (χ0v) is 15.7. The third kappa shape index (κ3) is 19.9. The molecule has 0 atom stereocenters. The van der Waals surface area contributed by atoms with Gasteiger partial charge < -0.3 is 9.47 Å². The van der Waals surface area contributed by atoms with Crippen molar-refractivity contribution >= 4 is 11.9 Å². The van der Waals surface area contributed by atoms with Gasteiger partial charge in [0.05, 0.1) is 5.92 Å². The van der Waals surface area contributed by atoms with Gasteiger partial charge in [-0.1, -0.05) is 57.2 Å². The summed E-state index contributed by atoms with van der Waals surface area (Å²) in [6.45, 7) is 10.2. The molecule has 0 rings (SSSR count). The van der Waals surface area contributed by atoms with Crippen molar-refractivity contribution in [2.45, 2.75) is 47.5 Å². The standard InChI is InChI=1S/2C10H16O2/c1-4-5-6-7-8-12-10(11)9(2)3;1-3-5-6-7-9-12-10(11)8-4-2/h4-7,9H,8H2,1-3H3;3,5-7H,4,8-9H2,1-2H3. The molecule has 0 aromatic carbocycles. The van der Waals surface area contributed by atoms with Crippen LogP contribution in [0, 0.1) is 5.92 Å². The van der Waals surface area contributed by atoms with E-state index in [1.54, 1.807) is 6.08 Å². The average Bonchev–Trinajstić information content (AvgIpc) is 2.55. The number of rotatable bonds is 9. The minimum atomic E-state index is -0.153.